The average molecular weight is 552 g/mol. The van der Waals surface area contributed by atoms with Crippen LogP contribution in [0.4, 0.5) is 17.1 Å². The Morgan fingerprint density at radius 2 is 1.02 bits per heavy atom. The fourth-order valence-electron chi connectivity index (χ4n) is 6.48. The summed E-state index contributed by atoms with van der Waals surface area (Å²) in [7, 11) is 0. The van der Waals surface area contributed by atoms with Gasteiger partial charge in [0, 0.05) is 44.5 Å². The van der Waals surface area contributed by atoms with Gasteiger partial charge in [-0.3, -0.25) is 0 Å². The van der Waals surface area contributed by atoms with Crippen molar-refractivity contribution < 1.29 is 8.83 Å². The smallest absolute Gasteiger partial charge is 0.137 e. The number of hydrogen-bond acceptors (Lipinski definition) is 3. The van der Waals surface area contributed by atoms with Crippen molar-refractivity contribution in [1.29, 1.82) is 0 Å². The van der Waals surface area contributed by atoms with Crippen molar-refractivity contribution in [2.75, 3.05) is 4.90 Å². The molecule has 0 aliphatic heterocycles. The summed E-state index contributed by atoms with van der Waals surface area (Å²) >= 11 is 0. The summed E-state index contributed by atoms with van der Waals surface area (Å²) in [5, 5.41) is 6.83. The van der Waals surface area contributed by atoms with E-state index in [2.05, 4.69) is 132 Å². The maximum Gasteiger partial charge on any atom is 0.137 e. The minimum absolute atomic E-state index is 0.866. The van der Waals surface area contributed by atoms with Gasteiger partial charge in [-0.2, -0.15) is 0 Å². The van der Waals surface area contributed by atoms with Crippen molar-refractivity contribution in [3.05, 3.63) is 152 Å². The average Bonchev–Trinajstić information content (AvgIpc) is 3.64. The van der Waals surface area contributed by atoms with Crippen LogP contribution in [0.5, 0.6) is 0 Å². The zero-order valence-corrected chi connectivity index (χ0v) is 23.2. The molecule has 0 amide bonds. The van der Waals surface area contributed by atoms with Crippen molar-refractivity contribution in [2.45, 2.75) is 0 Å². The maximum absolute atomic E-state index is 6.36. The van der Waals surface area contributed by atoms with Crippen LogP contribution in [0.15, 0.2) is 160 Å². The quantitative estimate of drug-likeness (QED) is 0.218. The Bertz CT molecular complexity index is 2470. The second-order valence-electron chi connectivity index (χ2n) is 10.9. The van der Waals surface area contributed by atoms with Gasteiger partial charge in [0.25, 0.3) is 0 Å². The van der Waals surface area contributed by atoms with Gasteiger partial charge in [-0.05, 0) is 64.9 Å². The maximum atomic E-state index is 6.36. The first-order chi connectivity index (χ1) is 21.3. The molecule has 9 rings (SSSR count). The summed E-state index contributed by atoms with van der Waals surface area (Å²) in [5.74, 6) is 0. The molecule has 0 radical (unpaired) electrons. The van der Waals surface area contributed by atoms with Gasteiger partial charge in [-0.1, -0.05) is 97.1 Å². The number of nitrogens with zero attached hydrogens (tertiary/aromatic N) is 1. The second kappa shape index (κ2) is 9.37. The molecule has 0 N–H and O–H groups in total. The number of furan rings is 2. The van der Waals surface area contributed by atoms with Gasteiger partial charge in [0.2, 0.25) is 0 Å². The highest BCUT2D eigenvalue weighted by Gasteiger charge is 2.20. The normalized spacial score (nSPS) is 11.7. The molecule has 9 aromatic rings. The van der Waals surface area contributed by atoms with Crippen LogP contribution in [0, 0.1) is 0 Å². The molecule has 0 aliphatic rings. The minimum atomic E-state index is 0.866. The van der Waals surface area contributed by atoms with Crippen LogP contribution in [0.2, 0.25) is 0 Å². The summed E-state index contributed by atoms with van der Waals surface area (Å²) < 4.78 is 12.6. The number of hydrogen-bond donors (Lipinski definition) is 0. The lowest BCUT2D eigenvalue weighted by molar-refractivity contribution is 0.668. The fraction of sp³-hybridized carbons (Fsp3) is 0. The zero-order valence-electron chi connectivity index (χ0n) is 23.2. The third kappa shape index (κ3) is 3.75. The highest BCUT2D eigenvalue weighted by Crippen LogP contribution is 2.44. The predicted molar refractivity (Wildman–Crippen MR) is 179 cm³/mol. The van der Waals surface area contributed by atoms with E-state index >= 15 is 0 Å². The molecule has 43 heavy (non-hydrogen) atoms. The molecule has 0 saturated carbocycles. The molecule has 3 heteroatoms. The predicted octanol–water partition coefficient (Wildman–Crippen LogP) is 11.8. The number of para-hydroxylation sites is 3. The summed E-state index contributed by atoms with van der Waals surface area (Å²) in [6, 6.07) is 53.2. The number of anilines is 3. The first-order valence-electron chi connectivity index (χ1n) is 14.5. The molecular weight excluding hydrogens is 526 g/mol. The van der Waals surface area contributed by atoms with Gasteiger partial charge in [0.05, 0.1) is 5.69 Å². The molecule has 0 saturated heterocycles. The van der Waals surface area contributed by atoms with Crippen LogP contribution in [-0.2, 0) is 0 Å². The Kier molecular flexibility index (Phi) is 5.20. The Hall–Kier alpha value is -5.80. The largest absolute Gasteiger partial charge is 0.456 e. The Morgan fingerprint density at radius 1 is 0.395 bits per heavy atom. The van der Waals surface area contributed by atoms with E-state index in [1.54, 1.807) is 0 Å². The van der Waals surface area contributed by atoms with E-state index in [-0.39, 0.29) is 0 Å². The summed E-state index contributed by atoms with van der Waals surface area (Å²) in [6.45, 7) is 0. The van der Waals surface area contributed by atoms with Gasteiger partial charge in [-0.25, -0.2) is 0 Å². The van der Waals surface area contributed by atoms with E-state index in [0.29, 0.717) is 0 Å². The van der Waals surface area contributed by atoms with Crippen molar-refractivity contribution in [2.24, 2.45) is 0 Å². The van der Waals surface area contributed by atoms with Crippen LogP contribution in [0.1, 0.15) is 0 Å². The van der Waals surface area contributed by atoms with Crippen molar-refractivity contribution in [1.82, 2.24) is 0 Å². The highest BCUT2D eigenvalue weighted by atomic mass is 16.3. The molecule has 0 atom stereocenters. The van der Waals surface area contributed by atoms with Gasteiger partial charge >= 0.3 is 0 Å². The molecule has 7 aromatic carbocycles. The van der Waals surface area contributed by atoms with Crippen molar-refractivity contribution in [3.63, 3.8) is 0 Å². The first kappa shape index (κ1) is 23.9. The molecule has 0 bridgehead atoms. The fourth-order valence-corrected chi connectivity index (χ4v) is 6.48. The second-order valence-corrected chi connectivity index (χ2v) is 10.9. The number of benzene rings is 7. The molecule has 2 aromatic heterocycles. The molecule has 0 unspecified atom stereocenters. The lowest BCUT2D eigenvalue weighted by Gasteiger charge is -2.28. The van der Waals surface area contributed by atoms with Crippen LogP contribution >= 0.6 is 0 Å². The topological polar surface area (TPSA) is 29.5 Å². The van der Waals surface area contributed by atoms with E-state index in [9.17, 15) is 0 Å². The van der Waals surface area contributed by atoms with Gasteiger partial charge in [-0.15, -0.1) is 0 Å². The molecule has 0 spiro atoms. The lowest BCUT2D eigenvalue weighted by atomic mass is 10.00. The SMILES string of the molecule is c1ccc(-c2ccccc2N(c2ccc3c(c2)oc2ccccc23)c2ccc3ccc4oc5ccccc5c4c3c2)cc1. The Morgan fingerprint density at radius 3 is 1.91 bits per heavy atom. The van der Waals surface area contributed by atoms with Crippen molar-refractivity contribution in [3.8, 4) is 11.1 Å². The van der Waals surface area contributed by atoms with Crippen LogP contribution in [0.3, 0.4) is 0 Å². The Balaban J connectivity index is 1.33. The minimum Gasteiger partial charge on any atom is -0.456 e. The summed E-state index contributed by atoms with van der Waals surface area (Å²) in [4.78, 5) is 2.34. The van der Waals surface area contributed by atoms with Gasteiger partial charge < -0.3 is 13.7 Å². The summed E-state index contributed by atoms with van der Waals surface area (Å²) in [5.41, 5.74) is 9.05. The third-order valence-corrected chi connectivity index (χ3v) is 8.45. The van der Waals surface area contributed by atoms with Gasteiger partial charge in [0.15, 0.2) is 0 Å². The van der Waals surface area contributed by atoms with E-state index in [0.717, 1.165) is 77.5 Å². The Labute approximate surface area is 247 Å². The zero-order chi connectivity index (χ0) is 28.3. The number of rotatable bonds is 4. The van der Waals surface area contributed by atoms with E-state index in [1.165, 1.54) is 5.39 Å². The standard InChI is InChI=1S/C40H25NO2/c1-2-10-26(11-3-1)30-12-4-7-15-35(30)41(29-21-22-32-31-13-5-8-16-36(31)43-39(32)25-29)28-20-18-27-19-23-38-40(34(27)24-28)33-14-6-9-17-37(33)42-38/h1-25H. The summed E-state index contributed by atoms with van der Waals surface area (Å²) in [6.07, 6.45) is 0. The van der Waals surface area contributed by atoms with E-state index in [1.807, 2.05) is 24.3 Å². The molecule has 0 aliphatic carbocycles. The highest BCUT2D eigenvalue weighted by molar-refractivity contribution is 6.19. The van der Waals surface area contributed by atoms with Crippen LogP contribution < -0.4 is 4.90 Å². The van der Waals surface area contributed by atoms with E-state index < -0.39 is 0 Å². The third-order valence-electron chi connectivity index (χ3n) is 8.45. The molecule has 202 valence electrons. The molecule has 0 fully saturated rings. The van der Waals surface area contributed by atoms with E-state index in [4.69, 9.17) is 8.83 Å². The van der Waals surface area contributed by atoms with Crippen LogP contribution in [-0.4, -0.2) is 0 Å². The molecule has 2 heterocycles. The molecular formula is C40H25NO2. The number of fused-ring (bicyclic) bond motifs is 8. The van der Waals surface area contributed by atoms with Crippen LogP contribution in [0.25, 0.3) is 65.8 Å². The lowest BCUT2D eigenvalue weighted by Crippen LogP contribution is -2.11. The first-order valence-corrected chi connectivity index (χ1v) is 14.5. The monoisotopic (exact) mass is 551 g/mol. The van der Waals surface area contributed by atoms with Gasteiger partial charge in [0.1, 0.15) is 22.3 Å². The molecule has 3 nitrogen and oxygen atoms in total. The van der Waals surface area contributed by atoms with Crippen molar-refractivity contribution >= 4 is 71.7 Å².